The molecule has 2 N–H and O–H groups in total. The maximum atomic E-state index is 6.13. The zero-order chi connectivity index (χ0) is 13.0. The smallest absolute Gasteiger partial charge is 0.0889 e. The van der Waals surface area contributed by atoms with Crippen LogP contribution in [-0.2, 0) is 0 Å². The molecule has 0 aliphatic heterocycles. The highest BCUT2D eigenvalue weighted by molar-refractivity contribution is 5.55. The van der Waals surface area contributed by atoms with Gasteiger partial charge in [-0.25, -0.2) is 0 Å². The molecule has 0 saturated heterocycles. The molecule has 0 fully saturated rings. The molecule has 1 atom stereocenters. The van der Waals surface area contributed by atoms with Crippen LogP contribution in [0.1, 0.15) is 36.9 Å². The first-order valence-corrected chi connectivity index (χ1v) is 6.35. The van der Waals surface area contributed by atoms with Crippen molar-refractivity contribution >= 4 is 0 Å². The molecule has 0 radical (unpaired) electrons. The van der Waals surface area contributed by atoms with Gasteiger partial charge in [0.15, 0.2) is 0 Å². The summed E-state index contributed by atoms with van der Waals surface area (Å²) in [7, 11) is 0. The number of pyridine rings is 2. The molecular weight excluding hydrogens is 222 g/mol. The van der Waals surface area contributed by atoms with Crippen molar-refractivity contribution in [3.63, 3.8) is 0 Å². The predicted molar refractivity (Wildman–Crippen MR) is 74.0 cm³/mol. The highest BCUT2D eigenvalue weighted by atomic mass is 14.8. The fraction of sp³-hybridized carbons (Fsp3) is 0.333. The van der Waals surface area contributed by atoms with Crippen molar-refractivity contribution in [1.29, 1.82) is 0 Å². The van der Waals surface area contributed by atoms with Crippen LogP contribution in [0.25, 0.3) is 11.4 Å². The number of rotatable bonds is 4. The first kappa shape index (κ1) is 12.7. The predicted octanol–water partition coefficient (Wildman–Crippen LogP) is 3.25. The van der Waals surface area contributed by atoms with Crippen LogP contribution in [0.4, 0.5) is 0 Å². The fourth-order valence-electron chi connectivity index (χ4n) is 1.97. The lowest BCUT2D eigenvalue weighted by Gasteiger charge is -2.11. The summed E-state index contributed by atoms with van der Waals surface area (Å²) in [5.74, 6) is 0. The Labute approximate surface area is 108 Å². The van der Waals surface area contributed by atoms with E-state index in [1.54, 1.807) is 0 Å². The van der Waals surface area contributed by atoms with Crippen LogP contribution in [0.15, 0.2) is 36.7 Å². The summed E-state index contributed by atoms with van der Waals surface area (Å²) in [6.45, 7) is 4.20. The molecule has 2 aromatic heterocycles. The van der Waals surface area contributed by atoms with Gasteiger partial charge in [0.25, 0.3) is 0 Å². The molecule has 0 aromatic carbocycles. The zero-order valence-corrected chi connectivity index (χ0v) is 10.9. The van der Waals surface area contributed by atoms with Crippen LogP contribution in [-0.4, -0.2) is 9.97 Å². The lowest BCUT2D eigenvalue weighted by atomic mass is 10.0. The lowest BCUT2D eigenvalue weighted by molar-refractivity contribution is 0.638. The third-order valence-corrected chi connectivity index (χ3v) is 2.99. The second-order valence-electron chi connectivity index (χ2n) is 4.59. The molecule has 2 rings (SSSR count). The van der Waals surface area contributed by atoms with Crippen molar-refractivity contribution in [1.82, 2.24) is 9.97 Å². The summed E-state index contributed by atoms with van der Waals surface area (Å²) in [5, 5.41) is 0. The largest absolute Gasteiger partial charge is 0.324 e. The van der Waals surface area contributed by atoms with Gasteiger partial charge in [-0.3, -0.25) is 9.97 Å². The van der Waals surface area contributed by atoms with Gasteiger partial charge < -0.3 is 5.73 Å². The van der Waals surface area contributed by atoms with Gasteiger partial charge in [0.1, 0.15) is 0 Å². The molecular formula is C15H19N3. The Hall–Kier alpha value is -1.74. The number of aryl methyl sites for hydroxylation is 1. The average Bonchev–Trinajstić information content (AvgIpc) is 2.39. The molecule has 0 amide bonds. The topological polar surface area (TPSA) is 51.8 Å². The molecule has 2 aromatic rings. The first-order chi connectivity index (χ1) is 8.70. The molecule has 0 saturated carbocycles. The number of nitrogens with zero attached hydrogens (tertiary/aromatic N) is 2. The standard InChI is InChI=1S/C15H19N3/c1-3-4-13(16)12-6-8-18-15(10-12)14-9-11(2)5-7-17-14/h5-10,13H,3-4,16H2,1-2H3. The minimum absolute atomic E-state index is 0.0848. The Morgan fingerprint density at radius 3 is 2.44 bits per heavy atom. The Morgan fingerprint density at radius 1 is 1.11 bits per heavy atom. The summed E-state index contributed by atoms with van der Waals surface area (Å²) in [4.78, 5) is 8.73. The third kappa shape index (κ3) is 2.93. The van der Waals surface area contributed by atoms with Crippen LogP contribution >= 0.6 is 0 Å². The van der Waals surface area contributed by atoms with Crippen LogP contribution in [0.5, 0.6) is 0 Å². The van der Waals surface area contributed by atoms with Crippen LogP contribution in [0.2, 0.25) is 0 Å². The number of aromatic nitrogens is 2. The molecule has 0 spiro atoms. The second kappa shape index (κ2) is 5.74. The number of nitrogens with two attached hydrogens (primary N) is 1. The van der Waals surface area contributed by atoms with E-state index in [2.05, 4.69) is 23.8 Å². The van der Waals surface area contributed by atoms with Crippen LogP contribution < -0.4 is 5.73 Å². The van der Waals surface area contributed by atoms with Crippen molar-refractivity contribution in [2.75, 3.05) is 0 Å². The SMILES string of the molecule is CCCC(N)c1ccnc(-c2cc(C)ccn2)c1. The lowest BCUT2D eigenvalue weighted by Crippen LogP contribution is -2.10. The van der Waals surface area contributed by atoms with E-state index in [-0.39, 0.29) is 6.04 Å². The van der Waals surface area contributed by atoms with Gasteiger partial charge in [-0.05, 0) is 48.7 Å². The van der Waals surface area contributed by atoms with Gasteiger partial charge in [-0.15, -0.1) is 0 Å². The van der Waals surface area contributed by atoms with Gasteiger partial charge in [-0.2, -0.15) is 0 Å². The minimum Gasteiger partial charge on any atom is -0.324 e. The van der Waals surface area contributed by atoms with Crippen LogP contribution in [0.3, 0.4) is 0 Å². The van der Waals surface area contributed by atoms with Crippen molar-refractivity contribution in [3.8, 4) is 11.4 Å². The van der Waals surface area contributed by atoms with E-state index in [1.165, 1.54) is 5.56 Å². The van der Waals surface area contributed by atoms with E-state index >= 15 is 0 Å². The third-order valence-electron chi connectivity index (χ3n) is 2.99. The van der Waals surface area contributed by atoms with Gasteiger partial charge in [0, 0.05) is 18.4 Å². The average molecular weight is 241 g/mol. The molecule has 3 nitrogen and oxygen atoms in total. The molecule has 0 bridgehead atoms. The summed E-state index contributed by atoms with van der Waals surface area (Å²) in [5.41, 5.74) is 10.2. The van der Waals surface area contributed by atoms with E-state index in [4.69, 9.17) is 5.73 Å². The highest BCUT2D eigenvalue weighted by Gasteiger charge is 2.07. The van der Waals surface area contributed by atoms with Crippen molar-refractivity contribution in [3.05, 3.63) is 47.8 Å². The van der Waals surface area contributed by atoms with Crippen LogP contribution in [0, 0.1) is 6.92 Å². The molecule has 2 heterocycles. The van der Waals surface area contributed by atoms with Crippen molar-refractivity contribution < 1.29 is 0 Å². The maximum absolute atomic E-state index is 6.13. The first-order valence-electron chi connectivity index (χ1n) is 6.35. The number of hydrogen-bond donors (Lipinski definition) is 1. The zero-order valence-electron chi connectivity index (χ0n) is 10.9. The van der Waals surface area contributed by atoms with E-state index in [0.717, 1.165) is 29.8 Å². The quantitative estimate of drug-likeness (QED) is 0.894. The maximum Gasteiger partial charge on any atom is 0.0889 e. The Kier molecular flexibility index (Phi) is 4.05. The van der Waals surface area contributed by atoms with Gasteiger partial charge in [0.2, 0.25) is 0 Å². The molecule has 0 aliphatic rings. The molecule has 94 valence electrons. The van der Waals surface area contributed by atoms with E-state index in [1.807, 2.05) is 36.7 Å². The number of hydrogen-bond acceptors (Lipinski definition) is 3. The van der Waals surface area contributed by atoms with E-state index < -0.39 is 0 Å². The molecule has 3 heteroatoms. The summed E-state index contributed by atoms with van der Waals surface area (Å²) >= 11 is 0. The Balaban J connectivity index is 2.32. The van der Waals surface area contributed by atoms with Gasteiger partial charge >= 0.3 is 0 Å². The van der Waals surface area contributed by atoms with E-state index in [9.17, 15) is 0 Å². The highest BCUT2D eigenvalue weighted by Crippen LogP contribution is 2.21. The minimum atomic E-state index is 0.0848. The Bertz CT molecular complexity index is 523. The van der Waals surface area contributed by atoms with Crippen molar-refractivity contribution in [2.24, 2.45) is 5.73 Å². The second-order valence-corrected chi connectivity index (χ2v) is 4.59. The normalized spacial score (nSPS) is 12.4. The monoisotopic (exact) mass is 241 g/mol. The molecule has 18 heavy (non-hydrogen) atoms. The summed E-state index contributed by atoms with van der Waals surface area (Å²) in [6.07, 6.45) is 5.70. The molecule has 1 unspecified atom stereocenters. The summed E-state index contributed by atoms with van der Waals surface area (Å²) in [6, 6.07) is 8.14. The summed E-state index contributed by atoms with van der Waals surface area (Å²) < 4.78 is 0. The van der Waals surface area contributed by atoms with E-state index in [0.29, 0.717) is 0 Å². The fourth-order valence-corrected chi connectivity index (χ4v) is 1.97. The molecule has 0 aliphatic carbocycles. The van der Waals surface area contributed by atoms with Crippen molar-refractivity contribution in [2.45, 2.75) is 32.7 Å². The Morgan fingerprint density at radius 2 is 1.78 bits per heavy atom. The van der Waals surface area contributed by atoms with Gasteiger partial charge in [-0.1, -0.05) is 13.3 Å². The van der Waals surface area contributed by atoms with Gasteiger partial charge in [0.05, 0.1) is 11.4 Å².